The molecule has 1 aliphatic rings. The molecule has 1 fully saturated rings. The Morgan fingerprint density at radius 1 is 1.32 bits per heavy atom. The highest BCUT2D eigenvalue weighted by Gasteiger charge is 2.34. The van der Waals surface area contributed by atoms with Gasteiger partial charge in [0, 0.05) is 18.3 Å². The summed E-state index contributed by atoms with van der Waals surface area (Å²) in [6, 6.07) is 5.82. The Hall–Kier alpha value is -2.05. The van der Waals surface area contributed by atoms with Crippen LogP contribution in [0.25, 0.3) is 0 Å². The minimum atomic E-state index is -0.598. The summed E-state index contributed by atoms with van der Waals surface area (Å²) in [6.07, 6.45) is 1.80. The predicted octanol–water partition coefficient (Wildman–Crippen LogP) is 2.52. The second kappa shape index (κ2) is 5.98. The number of carbonyl (C=O) groups excluding carboxylic acids is 2. The van der Waals surface area contributed by atoms with Crippen LogP contribution in [0.3, 0.4) is 0 Å². The second-order valence-corrected chi connectivity index (χ2v) is 5.60. The lowest BCUT2D eigenvalue weighted by Crippen LogP contribution is -2.41. The molecule has 2 heterocycles. The highest BCUT2D eigenvalue weighted by atomic mass is 35.5. The molecule has 1 atom stereocenters. The fourth-order valence-corrected chi connectivity index (χ4v) is 2.58. The summed E-state index contributed by atoms with van der Waals surface area (Å²) in [4.78, 5) is 25.9. The smallest absolute Gasteiger partial charge is 0.274 e. The van der Waals surface area contributed by atoms with Crippen LogP contribution in [0, 0.1) is 0 Å². The van der Waals surface area contributed by atoms with Gasteiger partial charge in [-0.05, 0) is 24.6 Å². The van der Waals surface area contributed by atoms with Crippen molar-refractivity contribution in [2.45, 2.75) is 12.5 Å². The lowest BCUT2D eigenvalue weighted by molar-refractivity contribution is -0.118. The van der Waals surface area contributed by atoms with E-state index in [0.717, 1.165) is 0 Å². The van der Waals surface area contributed by atoms with Gasteiger partial charge in [-0.1, -0.05) is 28.4 Å². The highest BCUT2D eigenvalue weighted by Crippen LogP contribution is 2.29. The van der Waals surface area contributed by atoms with Gasteiger partial charge in [0.15, 0.2) is 5.69 Å². The first kappa shape index (κ1) is 14.9. The SMILES string of the molecule is O=C(N[C@@H]1CCN(c2ccc(Cl)c(Cl)c2)C1=O)c1ccon1. The fourth-order valence-electron chi connectivity index (χ4n) is 2.29. The van der Waals surface area contributed by atoms with Crippen molar-refractivity contribution < 1.29 is 14.1 Å². The van der Waals surface area contributed by atoms with E-state index in [4.69, 9.17) is 23.2 Å². The van der Waals surface area contributed by atoms with Crippen molar-refractivity contribution in [2.24, 2.45) is 0 Å². The van der Waals surface area contributed by atoms with Crippen LogP contribution in [0.2, 0.25) is 10.0 Å². The Morgan fingerprint density at radius 3 is 2.82 bits per heavy atom. The number of halogens is 2. The van der Waals surface area contributed by atoms with E-state index in [9.17, 15) is 9.59 Å². The highest BCUT2D eigenvalue weighted by molar-refractivity contribution is 6.42. The third-order valence-electron chi connectivity index (χ3n) is 3.40. The molecule has 0 spiro atoms. The molecule has 8 heteroatoms. The summed E-state index contributed by atoms with van der Waals surface area (Å²) in [5.41, 5.74) is 0.790. The maximum absolute atomic E-state index is 12.4. The van der Waals surface area contributed by atoms with Crippen LogP contribution in [-0.4, -0.2) is 29.6 Å². The Balaban J connectivity index is 1.72. The molecule has 1 aromatic heterocycles. The first-order chi connectivity index (χ1) is 10.6. The van der Waals surface area contributed by atoms with Crippen molar-refractivity contribution in [1.29, 1.82) is 0 Å². The van der Waals surface area contributed by atoms with Gasteiger partial charge in [0.05, 0.1) is 10.0 Å². The van der Waals surface area contributed by atoms with E-state index in [1.165, 1.54) is 12.3 Å². The Kier molecular flexibility index (Phi) is 4.04. The molecule has 1 N–H and O–H groups in total. The Labute approximate surface area is 136 Å². The lowest BCUT2D eigenvalue weighted by Gasteiger charge is -2.17. The van der Waals surface area contributed by atoms with Crippen LogP contribution in [0.15, 0.2) is 35.1 Å². The molecule has 1 aliphatic heterocycles. The zero-order chi connectivity index (χ0) is 15.7. The van der Waals surface area contributed by atoms with Crippen molar-refractivity contribution in [2.75, 3.05) is 11.4 Å². The van der Waals surface area contributed by atoms with Crippen molar-refractivity contribution >= 4 is 40.7 Å². The third kappa shape index (κ3) is 2.80. The molecule has 2 amide bonds. The molecule has 0 radical (unpaired) electrons. The van der Waals surface area contributed by atoms with Crippen LogP contribution >= 0.6 is 23.2 Å². The van der Waals surface area contributed by atoms with Crippen molar-refractivity contribution in [3.8, 4) is 0 Å². The van der Waals surface area contributed by atoms with Crippen molar-refractivity contribution in [1.82, 2.24) is 10.5 Å². The van der Waals surface area contributed by atoms with Gasteiger partial charge in [-0.2, -0.15) is 0 Å². The molecular weight excluding hydrogens is 329 g/mol. The van der Waals surface area contributed by atoms with E-state index >= 15 is 0 Å². The minimum absolute atomic E-state index is 0.140. The van der Waals surface area contributed by atoms with Crippen LogP contribution < -0.4 is 10.2 Å². The van der Waals surface area contributed by atoms with E-state index in [0.29, 0.717) is 28.7 Å². The molecule has 0 saturated carbocycles. The van der Waals surface area contributed by atoms with E-state index in [2.05, 4.69) is 15.0 Å². The molecule has 0 aliphatic carbocycles. The summed E-state index contributed by atoms with van der Waals surface area (Å²) in [5.74, 6) is -0.640. The first-order valence-electron chi connectivity index (χ1n) is 6.54. The molecule has 2 aromatic rings. The monoisotopic (exact) mass is 339 g/mol. The molecule has 0 unspecified atom stereocenters. The lowest BCUT2D eigenvalue weighted by atomic mass is 10.2. The first-order valence-corrected chi connectivity index (χ1v) is 7.29. The van der Waals surface area contributed by atoms with E-state index in [-0.39, 0.29) is 11.6 Å². The number of aromatic nitrogens is 1. The molecule has 0 bridgehead atoms. The van der Waals surface area contributed by atoms with Gasteiger partial charge in [0.25, 0.3) is 5.91 Å². The molecular formula is C14H11Cl2N3O3. The molecule has 1 saturated heterocycles. The van der Waals surface area contributed by atoms with Gasteiger partial charge in [0.1, 0.15) is 12.3 Å². The third-order valence-corrected chi connectivity index (χ3v) is 4.14. The van der Waals surface area contributed by atoms with Gasteiger partial charge in [-0.3, -0.25) is 9.59 Å². The molecule has 22 heavy (non-hydrogen) atoms. The van der Waals surface area contributed by atoms with E-state index < -0.39 is 11.9 Å². The van der Waals surface area contributed by atoms with E-state index in [1.807, 2.05) is 0 Å². The summed E-state index contributed by atoms with van der Waals surface area (Å²) < 4.78 is 4.61. The Bertz CT molecular complexity index is 718. The summed E-state index contributed by atoms with van der Waals surface area (Å²) in [7, 11) is 0. The zero-order valence-corrected chi connectivity index (χ0v) is 12.8. The van der Waals surface area contributed by atoms with Gasteiger partial charge >= 0.3 is 0 Å². The van der Waals surface area contributed by atoms with Crippen molar-refractivity contribution in [3.05, 3.63) is 46.3 Å². The fraction of sp³-hybridized carbons (Fsp3) is 0.214. The molecule has 114 valence electrons. The number of amides is 2. The zero-order valence-electron chi connectivity index (χ0n) is 11.3. The number of hydrogen-bond donors (Lipinski definition) is 1. The number of benzene rings is 1. The molecule has 1 aromatic carbocycles. The van der Waals surface area contributed by atoms with Gasteiger partial charge < -0.3 is 14.7 Å². The maximum atomic E-state index is 12.4. The average molecular weight is 340 g/mol. The second-order valence-electron chi connectivity index (χ2n) is 4.79. The summed E-state index contributed by atoms with van der Waals surface area (Å²) >= 11 is 11.8. The van der Waals surface area contributed by atoms with Gasteiger partial charge in [0.2, 0.25) is 5.91 Å². The summed E-state index contributed by atoms with van der Waals surface area (Å²) in [5, 5.41) is 6.98. The number of hydrogen-bond acceptors (Lipinski definition) is 4. The normalized spacial score (nSPS) is 17.8. The minimum Gasteiger partial charge on any atom is -0.364 e. The number of rotatable bonds is 3. The quantitative estimate of drug-likeness (QED) is 0.932. The standard InChI is InChI=1S/C14H11Cl2N3O3/c15-9-2-1-8(7-10(9)16)19-5-3-12(14(19)21)17-13(20)11-4-6-22-18-11/h1-2,4,6-7,12H,3,5H2,(H,17,20)/t12-/m1/s1. The van der Waals surface area contributed by atoms with Gasteiger partial charge in [-0.25, -0.2) is 0 Å². The summed E-state index contributed by atoms with van der Waals surface area (Å²) in [6.45, 7) is 0.487. The van der Waals surface area contributed by atoms with Crippen LogP contribution in [0.4, 0.5) is 5.69 Å². The molecule has 3 rings (SSSR count). The maximum Gasteiger partial charge on any atom is 0.274 e. The van der Waals surface area contributed by atoms with Crippen molar-refractivity contribution in [3.63, 3.8) is 0 Å². The number of nitrogens with zero attached hydrogens (tertiary/aromatic N) is 2. The van der Waals surface area contributed by atoms with E-state index in [1.54, 1.807) is 23.1 Å². The van der Waals surface area contributed by atoms with Crippen LogP contribution in [0.5, 0.6) is 0 Å². The predicted molar refractivity (Wildman–Crippen MR) is 81.2 cm³/mol. The number of nitrogens with one attached hydrogen (secondary N) is 1. The van der Waals surface area contributed by atoms with Crippen LogP contribution in [-0.2, 0) is 4.79 Å². The topological polar surface area (TPSA) is 75.4 Å². The molecule has 6 nitrogen and oxygen atoms in total. The number of carbonyl (C=O) groups is 2. The average Bonchev–Trinajstić information content (AvgIpc) is 3.13. The number of anilines is 1. The largest absolute Gasteiger partial charge is 0.364 e. The Morgan fingerprint density at radius 2 is 2.14 bits per heavy atom. The van der Waals surface area contributed by atoms with Crippen LogP contribution in [0.1, 0.15) is 16.9 Å². The van der Waals surface area contributed by atoms with Gasteiger partial charge in [-0.15, -0.1) is 0 Å².